The van der Waals surface area contributed by atoms with Gasteiger partial charge >= 0.3 is 0 Å². The highest BCUT2D eigenvalue weighted by molar-refractivity contribution is 5.85. The Morgan fingerprint density at radius 2 is 1.75 bits per heavy atom. The van der Waals surface area contributed by atoms with Crippen LogP contribution in [-0.2, 0) is 6.54 Å². The average Bonchev–Trinajstić information content (AvgIpc) is 2.25. The first-order chi connectivity index (χ1) is 7.25. The molecule has 0 amide bonds. The normalized spacial score (nSPS) is 9.56. The van der Waals surface area contributed by atoms with Gasteiger partial charge in [0.15, 0.2) is 0 Å². The number of aromatic nitrogens is 1. The van der Waals surface area contributed by atoms with Crippen molar-refractivity contribution in [3.05, 3.63) is 65.3 Å². The van der Waals surface area contributed by atoms with E-state index < -0.39 is 0 Å². The van der Waals surface area contributed by atoms with Crippen LogP contribution >= 0.6 is 12.4 Å². The molecule has 16 heavy (non-hydrogen) atoms. The van der Waals surface area contributed by atoms with Gasteiger partial charge < -0.3 is 4.57 Å². The smallest absolute Gasteiger partial charge is 0.124 e. The number of hydrogen-bond donors (Lipinski definition) is 1. The summed E-state index contributed by atoms with van der Waals surface area (Å²) in [7, 11) is 0. The summed E-state index contributed by atoms with van der Waals surface area (Å²) in [6.45, 7) is 2.81. The first kappa shape index (κ1) is 12.5. The molecule has 1 aromatic carbocycles. The summed E-state index contributed by atoms with van der Waals surface area (Å²) in [6, 6.07) is 14.0. The Balaban J connectivity index is 0.00000128. The van der Waals surface area contributed by atoms with Gasteiger partial charge in [0.2, 0.25) is 0 Å². The SMILES string of the molecule is Cc1ccc(=N)n(Cc2ccccc2)c1.Cl. The molecule has 0 saturated heterocycles. The van der Waals surface area contributed by atoms with Crippen molar-refractivity contribution in [1.29, 1.82) is 5.41 Å². The maximum absolute atomic E-state index is 7.78. The molecule has 0 atom stereocenters. The standard InChI is InChI=1S/C13H14N2.ClH/c1-11-7-8-13(14)15(9-11)10-12-5-3-2-4-6-12;/h2-9,14H,10H2,1H3;1H. The second kappa shape index (κ2) is 5.52. The number of rotatable bonds is 2. The zero-order chi connectivity index (χ0) is 10.7. The Morgan fingerprint density at radius 3 is 2.44 bits per heavy atom. The van der Waals surface area contributed by atoms with Crippen molar-refractivity contribution < 1.29 is 0 Å². The van der Waals surface area contributed by atoms with Gasteiger partial charge in [-0.1, -0.05) is 36.4 Å². The Hall–Kier alpha value is -1.54. The van der Waals surface area contributed by atoms with Gasteiger partial charge in [-0.05, 0) is 24.1 Å². The van der Waals surface area contributed by atoms with Crippen molar-refractivity contribution in [2.75, 3.05) is 0 Å². The van der Waals surface area contributed by atoms with Crippen molar-refractivity contribution >= 4 is 12.4 Å². The highest BCUT2D eigenvalue weighted by Gasteiger charge is 1.95. The van der Waals surface area contributed by atoms with Crippen molar-refractivity contribution in [3.63, 3.8) is 0 Å². The topological polar surface area (TPSA) is 28.8 Å². The van der Waals surface area contributed by atoms with E-state index in [2.05, 4.69) is 12.1 Å². The molecule has 1 heterocycles. The first-order valence-electron chi connectivity index (χ1n) is 5.01. The molecule has 0 bridgehead atoms. The molecule has 1 aromatic heterocycles. The number of benzene rings is 1. The van der Waals surface area contributed by atoms with Crippen molar-refractivity contribution in [2.45, 2.75) is 13.5 Å². The summed E-state index contributed by atoms with van der Waals surface area (Å²) in [5, 5.41) is 7.78. The van der Waals surface area contributed by atoms with Gasteiger partial charge in [0.25, 0.3) is 0 Å². The summed E-state index contributed by atoms with van der Waals surface area (Å²) in [4.78, 5) is 0. The molecule has 0 aliphatic heterocycles. The Labute approximate surface area is 101 Å². The molecule has 2 aromatic rings. The van der Waals surface area contributed by atoms with E-state index in [0.29, 0.717) is 5.49 Å². The van der Waals surface area contributed by atoms with Gasteiger partial charge in [0.05, 0.1) is 0 Å². The summed E-state index contributed by atoms with van der Waals surface area (Å²) < 4.78 is 1.95. The largest absolute Gasteiger partial charge is 0.329 e. The van der Waals surface area contributed by atoms with E-state index in [-0.39, 0.29) is 12.4 Å². The zero-order valence-corrected chi connectivity index (χ0v) is 10.00. The summed E-state index contributed by atoms with van der Waals surface area (Å²) in [5.41, 5.74) is 2.95. The Bertz CT molecular complexity index is 503. The molecule has 0 fully saturated rings. The van der Waals surface area contributed by atoms with E-state index in [9.17, 15) is 0 Å². The predicted molar refractivity (Wildman–Crippen MR) is 67.8 cm³/mol. The molecule has 0 aliphatic carbocycles. The fraction of sp³-hybridized carbons (Fsp3) is 0.154. The van der Waals surface area contributed by atoms with Gasteiger partial charge in [-0.3, -0.25) is 5.41 Å². The van der Waals surface area contributed by atoms with Crippen LogP contribution in [0.4, 0.5) is 0 Å². The minimum Gasteiger partial charge on any atom is -0.329 e. The first-order valence-corrected chi connectivity index (χ1v) is 5.01. The van der Waals surface area contributed by atoms with Gasteiger partial charge in [0, 0.05) is 12.7 Å². The van der Waals surface area contributed by atoms with E-state index in [4.69, 9.17) is 5.41 Å². The van der Waals surface area contributed by atoms with Gasteiger partial charge in [-0.25, -0.2) is 0 Å². The van der Waals surface area contributed by atoms with Crippen LogP contribution < -0.4 is 5.49 Å². The third kappa shape index (κ3) is 2.97. The molecular weight excluding hydrogens is 220 g/mol. The summed E-state index contributed by atoms with van der Waals surface area (Å²) in [6.07, 6.45) is 2.01. The van der Waals surface area contributed by atoms with Gasteiger partial charge in [-0.2, -0.15) is 0 Å². The molecule has 0 spiro atoms. The third-order valence-corrected chi connectivity index (χ3v) is 2.37. The van der Waals surface area contributed by atoms with Crippen LogP contribution in [0.15, 0.2) is 48.7 Å². The van der Waals surface area contributed by atoms with E-state index in [1.165, 1.54) is 11.1 Å². The lowest BCUT2D eigenvalue weighted by molar-refractivity contribution is 0.727. The molecule has 1 N–H and O–H groups in total. The summed E-state index contributed by atoms with van der Waals surface area (Å²) in [5.74, 6) is 0. The third-order valence-electron chi connectivity index (χ3n) is 2.37. The van der Waals surface area contributed by atoms with Crippen molar-refractivity contribution in [2.24, 2.45) is 0 Å². The van der Waals surface area contributed by atoms with E-state index in [0.717, 1.165) is 6.54 Å². The second-order valence-corrected chi connectivity index (χ2v) is 3.71. The molecule has 0 unspecified atom stereocenters. The number of nitrogens with one attached hydrogen (secondary N) is 1. The zero-order valence-electron chi connectivity index (χ0n) is 9.18. The fourth-order valence-electron chi connectivity index (χ4n) is 1.58. The molecule has 2 rings (SSSR count). The highest BCUT2D eigenvalue weighted by atomic mass is 35.5. The van der Waals surface area contributed by atoms with Crippen molar-refractivity contribution in [1.82, 2.24) is 4.57 Å². The Kier molecular flexibility index (Phi) is 4.32. The molecular formula is C13H15ClN2. The molecule has 2 nitrogen and oxygen atoms in total. The van der Waals surface area contributed by atoms with E-state index >= 15 is 0 Å². The number of nitrogens with zero attached hydrogens (tertiary/aromatic N) is 1. The quantitative estimate of drug-likeness (QED) is 0.828. The molecule has 3 heteroatoms. The molecule has 0 saturated carbocycles. The molecule has 0 aliphatic rings. The second-order valence-electron chi connectivity index (χ2n) is 3.71. The van der Waals surface area contributed by atoms with Crippen LogP contribution in [0.25, 0.3) is 0 Å². The maximum Gasteiger partial charge on any atom is 0.124 e. The minimum absolute atomic E-state index is 0. The minimum atomic E-state index is 0. The number of pyridine rings is 1. The van der Waals surface area contributed by atoms with Crippen LogP contribution in [0.2, 0.25) is 0 Å². The van der Waals surface area contributed by atoms with Crippen LogP contribution in [0, 0.1) is 12.3 Å². The molecule has 84 valence electrons. The summed E-state index contributed by atoms with van der Waals surface area (Å²) >= 11 is 0. The lowest BCUT2D eigenvalue weighted by Gasteiger charge is -2.07. The van der Waals surface area contributed by atoms with Gasteiger partial charge in [0.1, 0.15) is 5.49 Å². The number of hydrogen-bond acceptors (Lipinski definition) is 1. The van der Waals surface area contributed by atoms with Crippen molar-refractivity contribution in [3.8, 4) is 0 Å². The Morgan fingerprint density at radius 1 is 1.06 bits per heavy atom. The maximum atomic E-state index is 7.78. The number of halogens is 1. The molecule has 0 radical (unpaired) electrons. The van der Waals surface area contributed by atoms with Crippen LogP contribution in [-0.4, -0.2) is 4.57 Å². The highest BCUT2D eigenvalue weighted by Crippen LogP contribution is 2.01. The lowest BCUT2D eigenvalue weighted by atomic mass is 10.2. The number of aryl methyl sites for hydroxylation is 1. The van der Waals surface area contributed by atoms with E-state index in [1.807, 2.05) is 48.0 Å². The van der Waals surface area contributed by atoms with Crippen LogP contribution in [0.1, 0.15) is 11.1 Å². The average molecular weight is 235 g/mol. The van der Waals surface area contributed by atoms with E-state index in [1.54, 1.807) is 0 Å². The monoisotopic (exact) mass is 234 g/mol. The fourth-order valence-corrected chi connectivity index (χ4v) is 1.58. The predicted octanol–water partition coefficient (Wildman–Crippen LogP) is 2.75. The lowest BCUT2D eigenvalue weighted by Crippen LogP contribution is -2.19. The van der Waals surface area contributed by atoms with Crippen LogP contribution in [0.3, 0.4) is 0 Å². The van der Waals surface area contributed by atoms with Crippen LogP contribution in [0.5, 0.6) is 0 Å². The van der Waals surface area contributed by atoms with Gasteiger partial charge in [-0.15, -0.1) is 12.4 Å².